The van der Waals surface area contributed by atoms with E-state index >= 15 is 0 Å². The van der Waals surface area contributed by atoms with Gasteiger partial charge in [0.05, 0.1) is 17.0 Å². The van der Waals surface area contributed by atoms with E-state index < -0.39 is 15.6 Å². The molecular weight excluding hydrogens is 430 g/mol. The molecule has 1 aliphatic carbocycles. The highest BCUT2D eigenvalue weighted by Crippen LogP contribution is 2.37. The Balaban J connectivity index is 1.45. The van der Waals surface area contributed by atoms with Crippen LogP contribution in [0.25, 0.3) is 0 Å². The van der Waals surface area contributed by atoms with Crippen molar-refractivity contribution in [2.24, 2.45) is 0 Å². The Labute approximate surface area is 189 Å². The summed E-state index contributed by atoms with van der Waals surface area (Å²) in [6, 6.07) is 4.91. The standard InChI is InChI=1S/C22H31N5O4S/c1-16-8-9-18(32(29,30)27-12-6-3-7-13-27)14-19(16)25-20(28)15-23-22(10-4-5-11-22)21-24-17(2)31-26-21/h8-9,14,23H,3-7,10-13,15H2,1-2H3,(H,25,28). The molecule has 0 unspecified atom stereocenters. The predicted octanol–water partition coefficient (Wildman–Crippen LogP) is 2.86. The number of aryl methyl sites for hydroxylation is 2. The van der Waals surface area contributed by atoms with Crippen LogP contribution >= 0.6 is 0 Å². The van der Waals surface area contributed by atoms with Crippen molar-refractivity contribution >= 4 is 21.6 Å². The quantitative estimate of drug-likeness (QED) is 0.651. The Morgan fingerprint density at radius 3 is 2.50 bits per heavy atom. The number of nitrogens with one attached hydrogen (secondary N) is 2. The molecule has 2 fully saturated rings. The Morgan fingerprint density at radius 1 is 1.12 bits per heavy atom. The van der Waals surface area contributed by atoms with Crippen molar-refractivity contribution in [3.05, 3.63) is 35.5 Å². The molecule has 1 saturated carbocycles. The van der Waals surface area contributed by atoms with Gasteiger partial charge in [-0.2, -0.15) is 9.29 Å². The third-order valence-corrected chi connectivity index (χ3v) is 8.33. The smallest absolute Gasteiger partial charge is 0.243 e. The van der Waals surface area contributed by atoms with Gasteiger partial charge in [0, 0.05) is 25.7 Å². The fraction of sp³-hybridized carbons (Fsp3) is 0.591. The van der Waals surface area contributed by atoms with Crippen molar-refractivity contribution < 1.29 is 17.7 Å². The van der Waals surface area contributed by atoms with Crippen molar-refractivity contribution in [3.63, 3.8) is 0 Å². The minimum absolute atomic E-state index is 0.0656. The van der Waals surface area contributed by atoms with Crippen LogP contribution in [0.1, 0.15) is 62.2 Å². The minimum Gasteiger partial charge on any atom is -0.340 e. The molecule has 1 amide bonds. The maximum absolute atomic E-state index is 13.0. The maximum Gasteiger partial charge on any atom is 0.243 e. The van der Waals surface area contributed by atoms with E-state index in [2.05, 4.69) is 20.8 Å². The highest BCUT2D eigenvalue weighted by molar-refractivity contribution is 7.89. The van der Waals surface area contributed by atoms with Gasteiger partial charge in [0.25, 0.3) is 0 Å². The molecule has 10 heteroatoms. The van der Waals surface area contributed by atoms with Crippen LogP contribution in [0.3, 0.4) is 0 Å². The summed E-state index contributed by atoms with van der Waals surface area (Å²) in [5, 5.41) is 10.3. The number of carbonyl (C=O) groups excluding carboxylic acids is 1. The number of aromatic nitrogens is 2. The number of amides is 1. The number of hydrogen-bond donors (Lipinski definition) is 2. The zero-order valence-electron chi connectivity index (χ0n) is 18.7. The Bertz CT molecular complexity index is 1070. The van der Waals surface area contributed by atoms with E-state index in [1.807, 2.05) is 6.92 Å². The molecule has 4 rings (SSSR count). The minimum atomic E-state index is -3.57. The van der Waals surface area contributed by atoms with Crippen LogP contribution in [-0.4, -0.2) is 48.4 Å². The lowest BCUT2D eigenvalue weighted by molar-refractivity contribution is -0.115. The van der Waals surface area contributed by atoms with Gasteiger partial charge in [-0.1, -0.05) is 30.5 Å². The lowest BCUT2D eigenvalue weighted by Crippen LogP contribution is -2.44. The number of piperidine rings is 1. The first-order valence-electron chi connectivity index (χ1n) is 11.3. The molecule has 32 heavy (non-hydrogen) atoms. The molecule has 2 aromatic rings. The second-order valence-electron chi connectivity index (χ2n) is 8.77. The molecule has 174 valence electrons. The van der Waals surface area contributed by atoms with Gasteiger partial charge in [0.15, 0.2) is 5.82 Å². The summed E-state index contributed by atoms with van der Waals surface area (Å²) in [5.74, 6) is 0.845. The molecular formula is C22H31N5O4S. The average Bonchev–Trinajstić information content (AvgIpc) is 3.44. The molecule has 0 spiro atoms. The van der Waals surface area contributed by atoms with Gasteiger partial charge in [-0.25, -0.2) is 8.42 Å². The molecule has 1 aromatic carbocycles. The first kappa shape index (κ1) is 22.9. The molecule has 9 nitrogen and oxygen atoms in total. The van der Waals surface area contributed by atoms with Crippen LogP contribution in [0.5, 0.6) is 0 Å². The second-order valence-corrected chi connectivity index (χ2v) is 10.7. The monoisotopic (exact) mass is 461 g/mol. The number of nitrogens with zero attached hydrogens (tertiary/aromatic N) is 3. The van der Waals surface area contributed by atoms with Gasteiger partial charge < -0.3 is 9.84 Å². The van der Waals surface area contributed by atoms with E-state index in [-0.39, 0.29) is 17.3 Å². The summed E-state index contributed by atoms with van der Waals surface area (Å²) in [7, 11) is -3.57. The average molecular weight is 462 g/mol. The van der Waals surface area contributed by atoms with Crippen molar-refractivity contribution in [3.8, 4) is 0 Å². The van der Waals surface area contributed by atoms with Gasteiger partial charge in [-0.3, -0.25) is 10.1 Å². The molecule has 2 aliphatic rings. The highest BCUT2D eigenvalue weighted by Gasteiger charge is 2.39. The Hall–Kier alpha value is -2.30. The number of rotatable bonds is 7. The van der Waals surface area contributed by atoms with Crippen LogP contribution < -0.4 is 10.6 Å². The first-order chi connectivity index (χ1) is 15.3. The molecule has 0 atom stereocenters. The predicted molar refractivity (Wildman–Crippen MR) is 120 cm³/mol. The largest absolute Gasteiger partial charge is 0.340 e. The molecule has 2 N–H and O–H groups in total. The summed E-state index contributed by atoms with van der Waals surface area (Å²) >= 11 is 0. The highest BCUT2D eigenvalue weighted by atomic mass is 32.2. The summed E-state index contributed by atoms with van der Waals surface area (Å²) in [6.07, 6.45) is 6.53. The summed E-state index contributed by atoms with van der Waals surface area (Å²) < 4.78 is 32.7. The molecule has 0 bridgehead atoms. The van der Waals surface area contributed by atoms with Gasteiger partial charge in [-0.05, 0) is 50.3 Å². The van der Waals surface area contributed by atoms with Gasteiger partial charge in [0.1, 0.15) is 0 Å². The van der Waals surface area contributed by atoms with Crippen molar-refractivity contribution in [2.75, 3.05) is 25.0 Å². The maximum atomic E-state index is 13.0. The van der Waals surface area contributed by atoms with Gasteiger partial charge in [0.2, 0.25) is 21.8 Å². The van der Waals surface area contributed by atoms with Crippen LogP contribution in [0.4, 0.5) is 5.69 Å². The zero-order valence-corrected chi connectivity index (χ0v) is 19.5. The lowest BCUT2D eigenvalue weighted by Gasteiger charge is -2.27. The Kier molecular flexibility index (Phi) is 6.64. The fourth-order valence-electron chi connectivity index (χ4n) is 4.55. The van der Waals surface area contributed by atoms with Crippen LogP contribution in [-0.2, 0) is 20.4 Å². The molecule has 1 saturated heterocycles. The topological polar surface area (TPSA) is 117 Å². The van der Waals surface area contributed by atoms with E-state index in [9.17, 15) is 13.2 Å². The van der Waals surface area contributed by atoms with E-state index in [0.717, 1.165) is 50.5 Å². The van der Waals surface area contributed by atoms with Gasteiger partial charge >= 0.3 is 0 Å². The van der Waals surface area contributed by atoms with Crippen LogP contribution in [0.15, 0.2) is 27.6 Å². The lowest BCUT2D eigenvalue weighted by atomic mass is 9.96. The fourth-order valence-corrected chi connectivity index (χ4v) is 6.09. The zero-order chi connectivity index (χ0) is 22.8. The summed E-state index contributed by atoms with van der Waals surface area (Å²) in [6.45, 7) is 4.75. The van der Waals surface area contributed by atoms with Gasteiger partial charge in [-0.15, -0.1) is 0 Å². The van der Waals surface area contributed by atoms with E-state index in [4.69, 9.17) is 4.52 Å². The first-order valence-corrected chi connectivity index (χ1v) is 12.7. The number of anilines is 1. The third-order valence-electron chi connectivity index (χ3n) is 6.44. The second kappa shape index (κ2) is 9.29. The van der Waals surface area contributed by atoms with Crippen molar-refractivity contribution in [1.82, 2.24) is 19.8 Å². The van der Waals surface area contributed by atoms with E-state index in [0.29, 0.717) is 30.5 Å². The molecule has 1 aliphatic heterocycles. The van der Waals surface area contributed by atoms with Crippen molar-refractivity contribution in [2.45, 2.75) is 69.2 Å². The number of benzene rings is 1. The molecule has 2 heterocycles. The number of sulfonamides is 1. The number of hydrogen-bond acceptors (Lipinski definition) is 7. The van der Waals surface area contributed by atoms with E-state index in [1.165, 1.54) is 4.31 Å². The third kappa shape index (κ3) is 4.72. The van der Waals surface area contributed by atoms with Crippen molar-refractivity contribution in [1.29, 1.82) is 0 Å². The van der Waals surface area contributed by atoms with E-state index in [1.54, 1.807) is 25.1 Å². The molecule has 0 radical (unpaired) electrons. The normalized spacial score (nSPS) is 19.2. The van der Waals surface area contributed by atoms with Crippen LogP contribution in [0.2, 0.25) is 0 Å². The summed E-state index contributed by atoms with van der Waals surface area (Å²) in [4.78, 5) is 17.4. The SMILES string of the molecule is Cc1nc(C2(NCC(=O)Nc3cc(S(=O)(=O)N4CCCCC4)ccc3C)CCCC2)no1. The van der Waals surface area contributed by atoms with Crippen LogP contribution in [0, 0.1) is 13.8 Å². The molecule has 1 aromatic heterocycles. The summed E-state index contributed by atoms with van der Waals surface area (Å²) in [5.41, 5.74) is 0.843. The number of carbonyl (C=O) groups is 1. The Morgan fingerprint density at radius 2 is 1.84 bits per heavy atom.